The Morgan fingerprint density at radius 1 is 1.31 bits per heavy atom. The van der Waals surface area contributed by atoms with Crippen molar-refractivity contribution in [3.63, 3.8) is 0 Å². The van der Waals surface area contributed by atoms with Crippen LogP contribution in [0.4, 0.5) is 16.2 Å². The van der Waals surface area contributed by atoms with Crippen LogP contribution in [-0.4, -0.2) is 47.1 Å². The zero-order chi connectivity index (χ0) is 22.1. The number of carbonyl (C=O) groups is 2. The van der Waals surface area contributed by atoms with Gasteiger partial charge in [-0.05, 0) is 47.8 Å². The Morgan fingerprint density at radius 2 is 2.22 bits per heavy atom. The number of ether oxygens (including phenoxy) is 1. The largest absolute Gasteiger partial charge is 0.439 e. The van der Waals surface area contributed by atoms with Gasteiger partial charge in [0.15, 0.2) is 0 Å². The summed E-state index contributed by atoms with van der Waals surface area (Å²) in [5.74, 6) is -0.296. The first-order valence-electron chi connectivity index (χ1n) is 10.4. The van der Waals surface area contributed by atoms with Crippen molar-refractivity contribution in [3.8, 4) is 10.4 Å². The molecular formula is C23H23N5O3S. The lowest BCUT2D eigenvalue weighted by molar-refractivity contribution is 0.0727. The fourth-order valence-electron chi connectivity index (χ4n) is 4.06. The van der Waals surface area contributed by atoms with Crippen molar-refractivity contribution in [2.24, 2.45) is 0 Å². The van der Waals surface area contributed by atoms with Crippen LogP contribution in [0.3, 0.4) is 0 Å². The number of rotatable bonds is 5. The van der Waals surface area contributed by atoms with E-state index in [0.29, 0.717) is 42.3 Å². The standard InChI is InChI=1S/C23H23N5O3S/c24-18-6-4-15(20-2-1-9-32-20)10-19(18)27-21(29)16-3-5-17(26-11-16)12-28-14-23(31-22(28)30)7-8-25-13-23/h1-6,9-11,25H,7-8,12-14,24H2,(H,27,29). The van der Waals surface area contributed by atoms with Crippen molar-refractivity contribution in [3.05, 3.63) is 65.3 Å². The van der Waals surface area contributed by atoms with Gasteiger partial charge in [-0.15, -0.1) is 11.3 Å². The fraction of sp³-hybridized carbons (Fsp3) is 0.261. The molecule has 0 aliphatic carbocycles. The van der Waals surface area contributed by atoms with Gasteiger partial charge >= 0.3 is 6.09 Å². The van der Waals surface area contributed by atoms with Crippen LogP contribution in [0.15, 0.2) is 54.0 Å². The van der Waals surface area contributed by atoms with Gasteiger partial charge in [0.1, 0.15) is 5.60 Å². The topological polar surface area (TPSA) is 110 Å². The normalized spacial score (nSPS) is 20.0. The maximum absolute atomic E-state index is 12.7. The second kappa shape index (κ2) is 8.25. The summed E-state index contributed by atoms with van der Waals surface area (Å²) in [6, 6.07) is 13.0. The summed E-state index contributed by atoms with van der Waals surface area (Å²) >= 11 is 1.62. The van der Waals surface area contributed by atoms with Gasteiger partial charge in [-0.25, -0.2) is 4.79 Å². The number of benzene rings is 1. The fourth-order valence-corrected chi connectivity index (χ4v) is 4.78. The summed E-state index contributed by atoms with van der Waals surface area (Å²) in [6.07, 6.45) is 2.01. The van der Waals surface area contributed by atoms with Gasteiger partial charge < -0.3 is 21.1 Å². The third-order valence-corrected chi connectivity index (χ3v) is 6.71. The Labute approximate surface area is 189 Å². The Balaban J connectivity index is 1.25. The second-order valence-electron chi connectivity index (χ2n) is 8.11. The molecule has 8 nitrogen and oxygen atoms in total. The van der Waals surface area contributed by atoms with Crippen LogP contribution in [-0.2, 0) is 11.3 Å². The minimum atomic E-state index is -0.422. The lowest BCUT2D eigenvalue weighted by Gasteiger charge is -2.19. The summed E-state index contributed by atoms with van der Waals surface area (Å²) in [7, 11) is 0. The highest BCUT2D eigenvalue weighted by molar-refractivity contribution is 7.13. The quantitative estimate of drug-likeness (QED) is 0.516. The van der Waals surface area contributed by atoms with Crippen LogP contribution >= 0.6 is 11.3 Å². The van der Waals surface area contributed by atoms with E-state index in [4.69, 9.17) is 10.5 Å². The average molecular weight is 450 g/mol. The zero-order valence-electron chi connectivity index (χ0n) is 17.3. The first-order valence-corrected chi connectivity index (χ1v) is 11.3. The van der Waals surface area contributed by atoms with Crippen LogP contribution in [0.1, 0.15) is 22.5 Å². The predicted molar refractivity (Wildman–Crippen MR) is 123 cm³/mol. The molecular weight excluding hydrogens is 426 g/mol. The maximum atomic E-state index is 12.7. The Morgan fingerprint density at radius 3 is 2.94 bits per heavy atom. The van der Waals surface area contributed by atoms with Crippen molar-refractivity contribution in [1.82, 2.24) is 15.2 Å². The smallest absolute Gasteiger partial charge is 0.410 e. The zero-order valence-corrected chi connectivity index (χ0v) is 18.2. The number of hydrogen-bond acceptors (Lipinski definition) is 7. The molecule has 2 aliphatic rings. The number of carbonyl (C=O) groups excluding carboxylic acids is 2. The molecule has 9 heteroatoms. The van der Waals surface area contributed by atoms with E-state index in [1.54, 1.807) is 34.4 Å². The number of nitrogens with two attached hydrogens (primary N) is 1. The van der Waals surface area contributed by atoms with Crippen LogP contribution < -0.4 is 16.4 Å². The number of nitrogen functional groups attached to an aromatic ring is 1. The highest BCUT2D eigenvalue weighted by atomic mass is 32.1. The summed E-state index contributed by atoms with van der Waals surface area (Å²) in [4.78, 5) is 32.1. The van der Waals surface area contributed by atoms with Crippen molar-refractivity contribution in [1.29, 1.82) is 0 Å². The van der Waals surface area contributed by atoms with Gasteiger partial charge in [-0.1, -0.05) is 12.1 Å². The maximum Gasteiger partial charge on any atom is 0.410 e. The van der Waals surface area contributed by atoms with E-state index in [-0.39, 0.29) is 12.0 Å². The molecule has 2 aliphatic heterocycles. The number of amides is 2. The van der Waals surface area contributed by atoms with Crippen molar-refractivity contribution >= 4 is 34.7 Å². The average Bonchev–Trinajstić information content (AvgIpc) is 3.53. The molecule has 2 saturated heterocycles. The third kappa shape index (κ3) is 4.04. The van der Waals surface area contributed by atoms with E-state index in [9.17, 15) is 9.59 Å². The molecule has 0 bridgehead atoms. The number of nitrogens with zero attached hydrogens (tertiary/aromatic N) is 2. The molecule has 2 fully saturated rings. The van der Waals surface area contributed by atoms with Gasteiger partial charge in [-0.3, -0.25) is 14.7 Å². The molecule has 1 atom stereocenters. The van der Waals surface area contributed by atoms with Crippen LogP contribution in [0.25, 0.3) is 10.4 Å². The minimum absolute atomic E-state index is 0.296. The van der Waals surface area contributed by atoms with E-state index in [0.717, 1.165) is 23.4 Å². The molecule has 0 saturated carbocycles. The first kappa shape index (κ1) is 20.5. The van der Waals surface area contributed by atoms with E-state index >= 15 is 0 Å². The van der Waals surface area contributed by atoms with E-state index in [1.807, 2.05) is 29.6 Å². The van der Waals surface area contributed by atoms with E-state index < -0.39 is 5.60 Å². The third-order valence-electron chi connectivity index (χ3n) is 5.79. The van der Waals surface area contributed by atoms with Gasteiger partial charge in [0.25, 0.3) is 5.91 Å². The molecule has 1 aromatic carbocycles. The number of pyridine rings is 1. The Bertz CT molecular complexity index is 1140. The van der Waals surface area contributed by atoms with Gasteiger partial charge in [0, 0.05) is 24.0 Å². The molecule has 1 unspecified atom stereocenters. The van der Waals surface area contributed by atoms with E-state index in [1.165, 1.54) is 6.20 Å². The Kier molecular flexibility index (Phi) is 5.28. The molecule has 2 amide bonds. The van der Waals surface area contributed by atoms with Crippen LogP contribution in [0, 0.1) is 0 Å². The van der Waals surface area contributed by atoms with Crippen LogP contribution in [0.5, 0.6) is 0 Å². The summed E-state index contributed by atoms with van der Waals surface area (Å²) < 4.78 is 5.59. The number of hydrogen-bond donors (Lipinski definition) is 3. The molecule has 5 rings (SSSR count). The highest BCUT2D eigenvalue weighted by Gasteiger charge is 2.47. The first-order chi connectivity index (χ1) is 15.5. The molecule has 4 N–H and O–H groups in total. The molecule has 2 aromatic heterocycles. The lowest BCUT2D eigenvalue weighted by atomic mass is 10.0. The number of thiophene rings is 1. The van der Waals surface area contributed by atoms with Crippen molar-refractivity contribution < 1.29 is 14.3 Å². The molecule has 4 heterocycles. The van der Waals surface area contributed by atoms with E-state index in [2.05, 4.69) is 15.6 Å². The Hall–Kier alpha value is -3.43. The number of anilines is 2. The molecule has 1 spiro atoms. The van der Waals surface area contributed by atoms with Crippen molar-refractivity contribution in [2.45, 2.75) is 18.6 Å². The monoisotopic (exact) mass is 449 g/mol. The SMILES string of the molecule is Nc1ccc(-c2cccs2)cc1NC(=O)c1ccc(CN2CC3(CCNC3)OC2=O)nc1. The molecule has 164 valence electrons. The number of nitrogens with one attached hydrogen (secondary N) is 2. The molecule has 3 aromatic rings. The lowest BCUT2D eigenvalue weighted by Crippen LogP contribution is -2.36. The molecule has 32 heavy (non-hydrogen) atoms. The molecule has 0 radical (unpaired) electrons. The van der Waals surface area contributed by atoms with Gasteiger partial charge in [-0.2, -0.15) is 0 Å². The summed E-state index contributed by atoms with van der Waals surface area (Å²) in [5.41, 5.74) is 8.79. The van der Waals surface area contributed by atoms with Crippen LogP contribution in [0.2, 0.25) is 0 Å². The second-order valence-corrected chi connectivity index (χ2v) is 9.05. The summed E-state index contributed by atoms with van der Waals surface area (Å²) in [6.45, 7) is 2.42. The number of aromatic nitrogens is 1. The van der Waals surface area contributed by atoms with Gasteiger partial charge in [0.2, 0.25) is 0 Å². The highest BCUT2D eigenvalue weighted by Crippen LogP contribution is 2.31. The summed E-state index contributed by atoms with van der Waals surface area (Å²) in [5, 5.41) is 8.12. The van der Waals surface area contributed by atoms with Crippen molar-refractivity contribution in [2.75, 3.05) is 30.7 Å². The predicted octanol–water partition coefficient (Wildman–Crippen LogP) is 3.33. The van der Waals surface area contributed by atoms with Gasteiger partial charge in [0.05, 0.1) is 35.7 Å². The minimum Gasteiger partial charge on any atom is -0.439 e.